The second kappa shape index (κ2) is 6.83. The highest BCUT2D eigenvalue weighted by atomic mass is 16.5. The minimum Gasteiger partial charge on any atom is -0.466 e. The molecule has 0 aliphatic carbocycles. The van der Waals surface area contributed by atoms with Gasteiger partial charge in [-0.15, -0.1) is 0 Å². The van der Waals surface area contributed by atoms with Crippen molar-refractivity contribution in [2.24, 2.45) is 0 Å². The smallest absolute Gasteiger partial charge is 0.305 e. The second-order valence-corrected chi connectivity index (χ2v) is 3.78. The van der Waals surface area contributed by atoms with E-state index in [1.165, 1.54) is 0 Å². The first-order chi connectivity index (χ1) is 8.11. The van der Waals surface area contributed by atoms with Crippen molar-refractivity contribution in [3.05, 3.63) is 17.6 Å². The van der Waals surface area contributed by atoms with Gasteiger partial charge in [0.25, 0.3) is 0 Å². The fourth-order valence-corrected chi connectivity index (χ4v) is 1.49. The Labute approximate surface area is 102 Å². The summed E-state index contributed by atoms with van der Waals surface area (Å²) in [5.41, 5.74) is 0.936. The minimum absolute atomic E-state index is 0.149. The van der Waals surface area contributed by atoms with Crippen molar-refractivity contribution in [3.63, 3.8) is 0 Å². The number of esters is 1. The van der Waals surface area contributed by atoms with Crippen LogP contribution in [0, 0.1) is 13.8 Å². The lowest BCUT2D eigenvalue weighted by Crippen LogP contribution is -2.09. The van der Waals surface area contributed by atoms with Crippen molar-refractivity contribution in [3.8, 4) is 0 Å². The Bertz CT molecular complexity index is 360. The van der Waals surface area contributed by atoms with E-state index in [4.69, 9.17) is 4.74 Å². The number of rotatable bonds is 6. The van der Waals surface area contributed by atoms with E-state index in [1.807, 2.05) is 26.8 Å². The first-order valence-corrected chi connectivity index (χ1v) is 5.83. The topological polar surface area (TPSA) is 64.1 Å². The molecule has 0 unspecified atom stereocenters. The quantitative estimate of drug-likeness (QED) is 0.604. The number of nitrogens with zero attached hydrogens (tertiary/aromatic N) is 2. The Hall–Kier alpha value is -1.65. The number of hydrogen-bond donors (Lipinski definition) is 1. The molecule has 1 N–H and O–H groups in total. The average molecular weight is 237 g/mol. The normalized spacial score (nSPS) is 10.1. The Morgan fingerprint density at radius 2 is 2.18 bits per heavy atom. The molecule has 5 heteroatoms. The third kappa shape index (κ3) is 5.29. The molecule has 5 nitrogen and oxygen atoms in total. The van der Waals surface area contributed by atoms with E-state index in [9.17, 15) is 4.79 Å². The van der Waals surface area contributed by atoms with Crippen molar-refractivity contribution >= 4 is 11.8 Å². The summed E-state index contributed by atoms with van der Waals surface area (Å²) in [4.78, 5) is 19.5. The van der Waals surface area contributed by atoms with Gasteiger partial charge < -0.3 is 10.1 Å². The van der Waals surface area contributed by atoms with Crippen molar-refractivity contribution in [1.82, 2.24) is 9.97 Å². The molecular formula is C12H19N3O2. The van der Waals surface area contributed by atoms with Gasteiger partial charge in [0.1, 0.15) is 11.6 Å². The molecule has 0 spiro atoms. The predicted octanol–water partition coefficient (Wildman–Crippen LogP) is 1.85. The Morgan fingerprint density at radius 3 is 2.82 bits per heavy atom. The molecule has 1 aromatic rings. The van der Waals surface area contributed by atoms with E-state index in [-0.39, 0.29) is 5.97 Å². The second-order valence-electron chi connectivity index (χ2n) is 3.78. The van der Waals surface area contributed by atoms with Gasteiger partial charge in [0.05, 0.1) is 6.61 Å². The molecule has 1 heterocycles. The van der Waals surface area contributed by atoms with E-state index in [0.29, 0.717) is 19.6 Å². The molecular weight excluding hydrogens is 218 g/mol. The zero-order valence-corrected chi connectivity index (χ0v) is 10.6. The van der Waals surface area contributed by atoms with Crippen LogP contribution in [0.5, 0.6) is 0 Å². The highest BCUT2D eigenvalue weighted by Gasteiger charge is 2.02. The van der Waals surface area contributed by atoms with Crippen LogP contribution in [0.1, 0.15) is 31.3 Å². The third-order valence-corrected chi connectivity index (χ3v) is 2.14. The molecule has 0 bridgehead atoms. The van der Waals surface area contributed by atoms with Gasteiger partial charge in [-0.05, 0) is 27.2 Å². The highest BCUT2D eigenvalue weighted by molar-refractivity contribution is 5.69. The molecule has 1 rings (SSSR count). The van der Waals surface area contributed by atoms with Crippen LogP contribution in [-0.2, 0) is 9.53 Å². The Balaban J connectivity index is 2.28. The molecule has 1 aromatic heterocycles. The lowest BCUT2D eigenvalue weighted by atomic mass is 10.3. The van der Waals surface area contributed by atoms with Gasteiger partial charge in [0.15, 0.2) is 0 Å². The maximum atomic E-state index is 11.1. The number of carbonyl (C=O) groups is 1. The van der Waals surface area contributed by atoms with Crippen molar-refractivity contribution in [2.45, 2.75) is 33.6 Å². The van der Waals surface area contributed by atoms with Gasteiger partial charge >= 0.3 is 5.97 Å². The zero-order valence-electron chi connectivity index (χ0n) is 10.6. The summed E-state index contributed by atoms with van der Waals surface area (Å²) in [5.74, 6) is 1.40. The van der Waals surface area contributed by atoms with Crippen molar-refractivity contribution in [1.29, 1.82) is 0 Å². The van der Waals surface area contributed by atoms with Gasteiger partial charge in [0.2, 0.25) is 0 Å². The SMILES string of the molecule is CCOC(=O)CCCNc1cc(C)nc(C)n1. The van der Waals surface area contributed by atoms with Gasteiger partial charge in [-0.3, -0.25) is 4.79 Å². The van der Waals surface area contributed by atoms with Crippen molar-refractivity contribution < 1.29 is 9.53 Å². The van der Waals surface area contributed by atoms with Crippen LogP contribution in [0.15, 0.2) is 6.07 Å². The van der Waals surface area contributed by atoms with Crippen LogP contribution >= 0.6 is 0 Å². The molecule has 0 aromatic carbocycles. The first kappa shape index (κ1) is 13.4. The standard InChI is InChI=1S/C12H19N3O2/c1-4-17-12(16)6-5-7-13-11-8-9(2)14-10(3)15-11/h8H,4-7H2,1-3H3,(H,13,14,15). The van der Waals surface area contributed by atoms with E-state index in [0.717, 1.165) is 23.8 Å². The zero-order chi connectivity index (χ0) is 12.7. The van der Waals surface area contributed by atoms with Crippen LogP contribution in [-0.4, -0.2) is 29.1 Å². The number of aryl methyl sites for hydroxylation is 2. The molecule has 0 fully saturated rings. The number of aromatic nitrogens is 2. The number of carbonyl (C=O) groups excluding carboxylic acids is 1. The number of ether oxygens (including phenoxy) is 1. The maximum absolute atomic E-state index is 11.1. The van der Waals surface area contributed by atoms with Gasteiger partial charge in [0, 0.05) is 24.7 Å². The highest BCUT2D eigenvalue weighted by Crippen LogP contribution is 2.05. The van der Waals surface area contributed by atoms with Gasteiger partial charge in [-0.1, -0.05) is 0 Å². The number of hydrogen-bond acceptors (Lipinski definition) is 5. The molecule has 0 aliphatic rings. The summed E-state index contributed by atoms with van der Waals surface area (Å²) < 4.78 is 4.84. The lowest BCUT2D eigenvalue weighted by Gasteiger charge is -2.06. The molecule has 17 heavy (non-hydrogen) atoms. The molecule has 0 amide bonds. The van der Waals surface area contributed by atoms with E-state index in [2.05, 4.69) is 15.3 Å². The lowest BCUT2D eigenvalue weighted by molar-refractivity contribution is -0.143. The van der Waals surface area contributed by atoms with Gasteiger partial charge in [-0.25, -0.2) is 9.97 Å². The summed E-state index contributed by atoms with van der Waals surface area (Å²) in [7, 11) is 0. The monoisotopic (exact) mass is 237 g/mol. The van der Waals surface area contributed by atoms with Gasteiger partial charge in [-0.2, -0.15) is 0 Å². The molecule has 0 radical (unpaired) electrons. The molecule has 0 aliphatic heterocycles. The van der Waals surface area contributed by atoms with Crippen LogP contribution in [0.3, 0.4) is 0 Å². The van der Waals surface area contributed by atoms with E-state index >= 15 is 0 Å². The maximum Gasteiger partial charge on any atom is 0.305 e. The van der Waals surface area contributed by atoms with Crippen LogP contribution in [0.25, 0.3) is 0 Å². The molecule has 0 saturated carbocycles. The summed E-state index contributed by atoms with van der Waals surface area (Å²) in [6, 6.07) is 1.89. The summed E-state index contributed by atoms with van der Waals surface area (Å²) >= 11 is 0. The van der Waals surface area contributed by atoms with Crippen molar-refractivity contribution in [2.75, 3.05) is 18.5 Å². The predicted molar refractivity (Wildman–Crippen MR) is 65.9 cm³/mol. The Morgan fingerprint density at radius 1 is 1.41 bits per heavy atom. The summed E-state index contributed by atoms with van der Waals surface area (Å²) in [5, 5.41) is 3.16. The largest absolute Gasteiger partial charge is 0.466 e. The third-order valence-electron chi connectivity index (χ3n) is 2.14. The first-order valence-electron chi connectivity index (χ1n) is 5.83. The summed E-state index contributed by atoms with van der Waals surface area (Å²) in [6.45, 7) is 6.74. The molecule has 0 atom stereocenters. The minimum atomic E-state index is -0.149. The fourth-order valence-electron chi connectivity index (χ4n) is 1.49. The fraction of sp³-hybridized carbons (Fsp3) is 0.583. The van der Waals surface area contributed by atoms with E-state index in [1.54, 1.807) is 0 Å². The van der Waals surface area contributed by atoms with Crippen LogP contribution in [0.2, 0.25) is 0 Å². The molecule has 94 valence electrons. The van der Waals surface area contributed by atoms with E-state index < -0.39 is 0 Å². The van der Waals surface area contributed by atoms with Crippen LogP contribution in [0.4, 0.5) is 5.82 Å². The molecule has 0 saturated heterocycles. The number of anilines is 1. The number of nitrogens with one attached hydrogen (secondary N) is 1. The van der Waals surface area contributed by atoms with Crippen LogP contribution < -0.4 is 5.32 Å². The summed E-state index contributed by atoms with van der Waals surface area (Å²) in [6.07, 6.45) is 1.17. The average Bonchev–Trinajstić information content (AvgIpc) is 2.23. The Kier molecular flexibility index (Phi) is 5.39.